The van der Waals surface area contributed by atoms with Crippen LogP contribution in [0.2, 0.25) is 0 Å². The van der Waals surface area contributed by atoms with Crippen LogP contribution in [0.4, 0.5) is 0 Å². The van der Waals surface area contributed by atoms with Gasteiger partial charge in [-0.15, -0.1) is 0 Å². The van der Waals surface area contributed by atoms with E-state index in [1.165, 1.54) is 148 Å². The van der Waals surface area contributed by atoms with Crippen LogP contribution in [0.25, 0.3) is 0 Å². The van der Waals surface area contributed by atoms with Crippen molar-refractivity contribution in [3.8, 4) is 0 Å². The number of unbranched alkanes of at least 4 members (excludes halogenated alkanes) is 27. The molecule has 0 spiro atoms. The molecule has 0 heterocycles. The summed E-state index contributed by atoms with van der Waals surface area (Å²) in [6.45, 7) is 6.56. The number of carbonyl (C=O) groups is 3. The molecule has 6 heteroatoms. The van der Waals surface area contributed by atoms with Crippen molar-refractivity contribution in [3.05, 3.63) is 60.8 Å². The Morgan fingerprint density at radius 3 is 1.00 bits per heavy atom. The predicted molar refractivity (Wildman–Crippen MR) is 270 cm³/mol. The fourth-order valence-electron chi connectivity index (χ4n) is 7.43. The highest BCUT2D eigenvalue weighted by atomic mass is 16.6. The first-order valence-corrected chi connectivity index (χ1v) is 26.8. The van der Waals surface area contributed by atoms with E-state index in [-0.39, 0.29) is 37.5 Å². The highest BCUT2D eigenvalue weighted by Gasteiger charge is 2.19. The van der Waals surface area contributed by atoms with Gasteiger partial charge in [0.1, 0.15) is 13.2 Å². The molecule has 0 amide bonds. The van der Waals surface area contributed by atoms with E-state index in [9.17, 15) is 14.4 Å². The fraction of sp³-hybridized carbons (Fsp3) is 0.772. The van der Waals surface area contributed by atoms with Crippen molar-refractivity contribution in [2.45, 2.75) is 271 Å². The molecular weight excluding hydrogens is 781 g/mol. The highest BCUT2D eigenvalue weighted by Crippen LogP contribution is 2.15. The molecule has 0 aromatic heterocycles. The zero-order chi connectivity index (χ0) is 45.8. The molecule has 0 saturated carbocycles. The minimum absolute atomic E-state index is 0.0935. The first-order chi connectivity index (χ1) is 31.0. The van der Waals surface area contributed by atoms with E-state index in [0.717, 1.165) is 70.6 Å². The Hall–Kier alpha value is -2.89. The lowest BCUT2D eigenvalue weighted by atomic mass is 10.0. The van der Waals surface area contributed by atoms with Gasteiger partial charge in [-0.05, 0) is 83.5 Å². The lowest BCUT2D eigenvalue weighted by Crippen LogP contribution is -2.30. The van der Waals surface area contributed by atoms with E-state index in [1.807, 2.05) is 0 Å². The smallest absolute Gasteiger partial charge is 0.306 e. The van der Waals surface area contributed by atoms with Gasteiger partial charge in [0.05, 0.1) is 0 Å². The third-order valence-electron chi connectivity index (χ3n) is 11.5. The van der Waals surface area contributed by atoms with E-state index in [4.69, 9.17) is 14.2 Å². The molecule has 0 fully saturated rings. The van der Waals surface area contributed by atoms with Crippen molar-refractivity contribution in [2.75, 3.05) is 13.2 Å². The van der Waals surface area contributed by atoms with Gasteiger partial charge in [-0.1, -0.05) is 223 Å². The monoisotopic (exact) mass is 881 g/mol. The van der Waals surface area contributed by atoms with Crippen LogP contribution in [0.3, 0.4) is 0 Å². The molecule has 0 bridgehead atoms. The van der Waals surface area contributed by atoms with Crippen molar-refractivity contribution in [1.82, 2.24) is 0 Å². The first-order valence-electron chi connectivity index (χ1n) is 26.8. The number of ether oxygens (including phenoxy) is 3. The number of carbonyl (C=O) groups excluding carboxylic acids is 3. The number of esters is 3. The van der Waals surface area contributed by atoms with Crippen LogP contribution < -0.4 is 0 Å². The van der Waals surface area contributed by atoms with Crippen LogP contribution in [-0.2, 0) is 28.6 Å². The van der Waals surface area contributed by atoms with E-state index in [1.54, 1.807) is 0 Å². The standard InChI is InChI=1S/C57H100O6/c1-4-7-10-13-16-19-22-25-27-28-30-33-35-38-41-44-47-50-56(59)62-53-54(63-57(60)51-48-45-42-39-36-31-24-21-18-15-12-9-6-3)52-61-55(58)49-46-43-40-37-34-32-29-26-23-20-17-14-11-8-5-2/h16,19,25-27,29-30,33,38,41,54H,4-15,17-18,20-24,28,31-32,34-37,39-40,42-53H2,1-3H3/b19-16-,27-25-,29-26-,33-30-,41-38-/t54-/m1/s1. The second-order valence-corrected chi connectivity index (χ2v) is 17.8. The summed E-state index contributed by atoms with van der Waals surface area (Å²) in [6.07, 6.45) is 63.5. The molecule has 0 aliphatic carbocycles. The summed E-state index contributed by atoms with van der Waals surface area (Å²) < 4.78 is 16.8. The minimum Gasteiger partial charge on any atom is -0.462 e. The summed E-state index contributed by atoms with van der Waals surface area (Å²) in [7, 11) is 0. The van der Waals surface area contributed by atoms with Gasteiger partial charge in [-0.2, -0.15) is 0 Å². The van der Waals surface area contributed by atoms with E-state index in [0.29, 0.717) is 19.3 Å². The second kappa shape index (κ2) is 51.7. The van der Waals surface area contributed by atoms with Crippen LogP contribution in [0.1, 0.15) is 265 Å². The maximum absolute atomic E-state index is 12.8. The zero-order valence-electron chi connectivity index (χ0n) is 41.6. The second-order valence-electron chi connectivity index (χ2n) is 17.8. The van der Waals surface area contributed by atoms with E-state index >= 15 is 0 Å². The Bertz CT molecular complexity index is 1150. The number of hydrogen-bond acceptors (Lipinski definition) is 6. The van der Waals surface area contributed by atoms with Crippen LogP contribution in [-0.4, -0.2) is 37.2 Å². The van der Waals surface area contributed by atoms with Gasteiger partial charge in [0, 0.05) is 19.3 Å². The lowest BCUT2D eigenvalue weighted by Gasteiger charge is -2.18. The molecule has 0 aromatic rings. The van der Waals surface area contributed by atoms with E-state index < -0.39 is 6.10 Å². The largest absolute Gasteiger partial charge is 0.462 e. The van der Waals surface area contributed by atoms with Crippen molar-refractivity contribution in [1.29, 1.82) is 0 Å². The Morgan fingerprint density at radius 2 is 0.587 bits per heavy atom. The summed E-state index contributed by atoms with van der Waals surface area (Å²) in [5.41, 5.74) is 0. The molecule has 0 aliphatic rings. The SMILES string of the molecule is CCCCC/C=C\C/C=C\C/C=C\C/C=C\CCCC(=O)OC[C@@H](COC(=O)CCCCCCC/C=C\CCCCCCCC)OC(=O)CCCCCCCCCCCCCCC. The molecule has 0 unspecified atom stereocenters. The fourth-order valence-corrected chi connectivity index (χ4v) is 7.43. The Kier molecular flexibility index (Phi) is 49.4. The maximum atomic E-state index is 12.8. The maximum Gasteiger partial charge on any atom is 0.306 e. The molecule has 364 valence electrons. The topological polar surface area (TPSA) is 78.9 Å². The normalized spacial score (nSPS) is 12.5. The molecule has 63 heavy (non-hydrogen) atoms. The van der Waals surface area contributed by atoms with Gasteiger partial charge >= 0.3 is 17.9 Å². The summed E-state index contributed by atoms with van der Waals surface area (Å²) >= 11 is 0. The number of allylic oxidation sites excluding steroid dienone is 10. The molecule has 1 atom stereocenters. The van der Waals surface area contributed by atoms with Crippen molar-refractivity contribution < 1.29 is 28.6 Å². The first kappa shape index (κ1) is 60.1. The summed E-state index contributed by atoms with van der Waals surface area (Å²) in [4.78, 5) is 38.0. The van der Waals surface area contributed by atoms with Gasteiger partial charge in [0.15, 0.2) is 6.10 Å². The molecule has 0 aliphatic heterocycles. The van der Waals surface area contributed by atoms with Gasteiger partial charge < -0.3 is 14.2 Å². The van der Waals surface area contributed by atoms with Crippen molar-refractivity contribution in [2.24, 2.45) is 0 Å². The summed E-state index contributed by atoms with van der Waals surface area (Å²) in [5, 5.41) is 0. The quantitative estimate of drug-likeness (QED) is 0.0262. The molecular formula is C57H100O6. The van der Waals surface area contributed by atoms with Gasteiger partial charge in [0.25, 0.3) is 0 Å². The Balaban J connectivity index is 4.46. The van der Waals surface area contributed by atoms with Crippen molar-refractivity contribution >= 4 is 17.9 Å². The predicted octanol–water partition coefficient (Wildman–Crippen LogP) is 17.6. The highest BCUT2D eigenvalue weighted by molar-refractivity contribution is 5.71. The molecule has 0 N–H and O–H groups in total. The lowest BCUT2D eigenvalue weighted by molar-refractivity contribution is -0.167. The van der Waals surface area contributed by atoms with Crippen LogP contribution in [0.15, 0.2) is 60.8 Å². The summed E-state index contributed by atoms with van der Waals surface area (Å²) in [5.74, 6) is -0.952. The molecule has 0 rings (SSSR count). The number of rotatable bonds is 48. The molecule has 0 radical (unpaired) electrons. The molecule has 6 nitrogen and oxygen atoms in total. The number of hydrogen-bond donors (Lipinski definition) is 0. The molecule has 0 aromatic carbocycles. The average Bonchev–Trinajstić information content (AvgIpc) is 3.28. The zero-order valence-corrected chi connectivity index (χ0v) is 41.6. The Morgan fingerprint density at radius 1 is 0.317 bits per heavy atom. The average molecular weight is 881 g/mol. The van der Waals surface area contributed by atoms with Crippen molar-refractivity contribution in [3.63, 3.8) is 0 Å². The van der Waals surface area contributed by atoms with Crippen LogP contribution >= 0.6 is 0 Å². The van der Waals surface area contributed by atoms with Gasteiger partial charge in [-0.25, -0.2) is 0 Å². The Labute approximate surface area is 390 Å². The van der Waals surface area contributed by atoms with Crippen LogP contribution in [0, 0.1) is 0 Å². The van der Waals surface area contributed by atoms with Gasteiger partial charge in [-0.3, -0.25) is 14.4 Å². The van der Waals surface area contributed by atoms with E-state index in [2.05, 4.69) is 81.5 Å². The van der Waals surface area contributed by atoms with Crippen LogP contribution in [0.5, 0.6) is 0 Å². The third kappa shape index (κ3) is 50.0. The third-order valence-corrected chi connectivity index (χ3v) is 11.5. The molecule has 0 saturated heterocycles. The van der Waals surface area contributed by atoms with Gasteiger partial charge in [0.2, 0.25) is 0 Å². The summed E-state index contributed by atoms with van der Waals surface area (Å²) in [6, 6.07) is 0. The minimum atomic E-state index is -0.796.